The lowest BCUT2D eigenvalue weighted by Gasteiger charge is -2.20. The van der Waals surface area contributed by atoms with Crippen molar-refractivity contribution in [2.24, 2.45) is 0 Å². The number of fused-ring (bicyclic) bond motifs is 2. The second-order valence-corrected chi connectivity index (χ2v) is 6.17. The molecule has 1 aromatic carbocycles. The van der Waals surface area contributed by atoms with Gasteiger partial charge < -0.3 is 14.2 Å². The predicted molar refractivity (Wildman–Crippen MR) is 84.1 cm³/mol. The summed E-state index contributed by atoms with van der Waals surface area (Å²) < 4.78 is 19.2. The summed E-state index contributed by atoms with van der Waals surface area (Å²) >= 11 is 0. The largest absolute Gasteiger partial charge is 0.493 e. The molecule has 1 aliphatic carbocycles. The number of pyridine rings is 1. The normalized spacial score (nSPS) is 19.1. The maximum Gasteiger partial charge on any atom is 0.204 e. The van der Waals surface area contributed by atoms with E-state index in [0.717, 1.165) is 35.8 Å². The van der Waals surface area contributed by atoms with Crippen LogP contribution in [0.3, 0.4) is 0 Å². The van der Waals surface area contributed by atoms with Crippen LogP contribution in [0.15, 0.2) is 12.3 Å². The molecule has 1 aromatic heterocycles. The van der Waals surface area contributed by atoms with Crippen LogP contribution in [0.25, 0.3) is 10.8 Å². The number of aryl methyl sites for hydroxylation is 2. The third kappa shape index (κ3) is 1.73. The lowest BCUT2D eigenvalue weighted by atomic mass is 9.84. The fourth-order valence-electron chi connectivity index (χ4n) is 4.26. The Balaban J connectivity index is 2.11. The van der Waals surface area contributed by atoms with Crippen LogP contribution in [0.4, 0.5) is 0 Å². The van der Waals surface area contributed by atoms with Crippen LogP contribution < -0.4 is 18.8 Å². The first kappa shape index (κ1) is 13.7. The van der Waals surface area contributed by atoms with Crippen molar-refractivity contribution >= 4 is 10.8 Å². The van der Waals surface area contributed by atoms with E-state index in [1.807, 2.05) is 0 Å². The second kappa shape index (κ2) is 5.04. The van der Waals surface area contributed by atoms with Crippen molar-refractivity contribution < 1.29 is 18.8 Å². The van der Waals surface area contributed by atoms with E-state index in [1.165, 1.54) is 35.9 Å². The molecule has 2 aliphatic rings. The van der Waals surface area contributed by atoms with Gasteiger partial charge in [-0.3, -0.25) is 0 Å². The van der Waals surface area contributed by atoms with E-state index in [-0.39, 0.29) is 0 Å². The van der Waals surface area contributed by atoms with Gasteiger partial charge in [0.15, 0.2) is 23.4 Å². The van der Waals surface area contributed by atoms with E-state index >= 15 is 0 Å². The Morgan fingerprint density at radius 2 is 1.82 bits per heavy atom. The molecule has 4 rings (SSSR count). The number of hydrogen-bond acceptors (Lipinski definition) is 3. The quantitative estimate of drug-likeness (QED) is 0.817. The minimum absolute atomic E-state index is 0.676. The fraction of sp³-hybridized carbons (Fsp3) is 0.500. The summed E-state index contributed by atoms with van der Waals surface area (Å²) in [5, 5.41) is 2.38. The third-order valence-electron chi connectivity index (χ3n) is 5.18. The topological polar surface area (TPSA) is 31.6 Å². The molecule has 4 nitrogen and oxygen atoms in total. The van der Waals surface area contributed by atoms with Crippen LogP contribution >= 0.6 is 0 Å². The molecule has 1 aliphatic heterocycles. The zero-order valence-electron chi connectivity index (χ0n) is 13.4. The van der Waals surface area contributed by atoms with Gasteiger partial charge in [-0.2, -0.15) is 0 Å². The van der Waals surface area contributed by atoms with Gasteiger partial charge in [0.2, 0.25) is 5.75 Å². The van der Waals surface area contributed by atoms with Crippen molar-refractivity contribution in [1.82, 2.24) is 0 Å². The zero-order valence-corrected chi connectivity index (χ0v) is 13.4. The molecule has 0 bridgehead atoms. The summed E-state index contributed by atoms with van der Waals surface area (Å²) in [4.78, 5) is 0. The highest BCUT2D eigenvalue weighted by Crippen LogP contribution is 2.47. The molecule has 0 spiro atoms. The summed E-state index contributed by atoms with van der Waals surface area (Å²) in [6.45, 7) is 1.11. The number of aromatic nitrogens is 1. The molecule has 0 saturated heterocycles. The highest BCUT2D eigenvalue weighted by molar-refractivity contribution is 5.94. The van der Waals surface area contributed by atoms with Gasteiger partial charge in [0.25, 0.3) is 0 Å². The van der Waals surface area contributed by atoms with Crippen LogP contribution in [0, 0.1) is 0 Å². The van der Waals surface area contributed by atoms with E-state index < -0.39 is 0 Å². The van der Waals surface area contributed by atoms with Crippen LogP contribution in [-0.4, -0.2) is 21.3 Å². The van der Waals surface area contributed by atoms with Gasteiger partial charge in [-0.05, 0) is 25.3 Å². The summed E-state index contributed by atoms with van der Waals surface area (Å²) in [6.07, 6.45) is 7.23. The molecule has 1 atom stereocenters. The number of hydrogen-bond donors (Lipinski definition) is 0. The third-order valence-corrected chi connectivity index (χ3v) is 5.18. The lowest BCUT2D eigenvalue weighted by Crippen LogP contribution is -2.35. The summed E-state index contributed by atoms with van der Waals surface area (Å²) in [5.74, 6) is 2.92. The highest BCUT2D eigenvalue weighted by Gasteiger charge is 2.37. The van der Waals surface area contributed by atoms with Crippen molar-refractivity contribution in [3.63, 3.8) is 0 Å². The van der Waals surface area contributed by atoms with E-state index in [9.17, 15) is 0 Å². The van der Waals surface area contributed by atoms with E-state index in [1.54, 1.807) is 21.3 Å². The fourth-order valence-corrected chi connectivity index (χ4v) is 4.26. The molecule has 2 aromatic rings. The monoisotopic (exact) mass is 300 g/mol. The predicted octanol–water partition coefficient (Wildman–Crippen LogP) is 2.98. The molecule has 1 unspecified atom stereocenters. The molecule has 0 saturated carbocycles. The Morgan fingerprint density at radius 3 is 2.55 bits per heavy atom. The maximum absolute atomic E-state index is 5.68. The minimum Gasteiger partial charge on any atom is -0.493 e. The van der Waals surface area contributed by atoms with E-state index in [4.69, 9.17) is 14.2 Å². The first-order valence-corrected chi connectivity index (χ1v) is 7.96. The van der Waals surface area contributed by atoms with E-state index in [0.29, 0.717) is 5.75 Å². The first-order valence-electron chi connectivity index (χ1n) is 7.96. The highest BCUT2D eigenvalue weighted by atomic mass is 16.5. The van der Waals surface area contributed by atoms with Crippen LogP contribution in [0.1, 0.15) is 36.4 Å². The molecule has 4 heteroatoms. The van der Waals surface area contributed by atoms with Crippen LogP contribution in [-0.2, 0) is 13.0 Å². The van der Waals surface area contributed by atoms with Crippen molar-refractivity contribution in [2.45, 2.75) is 38.1 Å². The molecular weight excluding hydrogens is 278 g/mol. The Bertz CT molecular complexity index is 754. The molecule has 0 radical (unpaired) electrons. The van der Waals surface area contributed by atoms with Gasteiger partial charge >= 0.3 is 0 Å². The number of methoxy groups -OCH3 is 3. The SMILES string of the molecule is COc1cc2c3c4[n+](cc2c(OC)c1OC)CCC4CCC3. The average Bonchev–Trinajstić information content (AvgIpc) is 2.98. The van der Waals surface area contributed by atoms with Crippen LogP contribution in [0.5, 0.6) is 17.2 Å². The van der Waals surface area contributed by atoms with Crippen LogP contribution in [0.2, 0.25) is 0 Å². The molecule has 0 amide bonds. The van der Waals surface area contributed by atoms with Crippen molar-refractivity contribution in [1.29, 1.82) is 0 Å². The van der Waals surface area contributed by atoms with Gasteiger partial charge in [0, 0.05) is 17.4 Å². The zero-order chi connectivity index (χ0) is 15.3. The maximum atomic E-state index is 5.68. The number of benzene rings is 1. The van der Waals surface area contributed by atoms with Gasteiger partial charge in [-0.25, -0.2) is 4.57 Å². The molecule has 2 heterocycles. The Hall–Kier alpha value is -1.97. The lowest BCUT2D eigenvalue weighted by molar-refractivity contribution is -0.690. The Labute approximate surface area is 130 Å². The molecule has 0 N–H and O–H groups in total. The summed E-state index contributed by atoms with van der Waals surface area (Å²) in [6, 6.07) is 2.12. The Kier molecular flexibility index (Phi) is 3.13. The smallest absolute Gasteiger partial charge is 0.204 e. The molecule has 0 fully saturated rings. The average molecular weight is 300 g/mol. The van der Waals surface area contributed by atoms with Gasteiger partial charge in [-0.1, -0.05) is 0 Å². The number of ether oxygens (including phenoxy) is 3. The molecule has 22 heavy (non-hydrogen) atoms. The first-order chi connectivity index (χ1) is 10.8. The minimum atomic E-state index is 0.676. The van der Waals surface area contributed by atoms with Crippen molar-refractivity contribution in [3.05, 3.63) is 23.5 Å². The van der Waals surface area contributed by atoms with E-state index in [2.05, 4.69) is 16.8 Å². The molecule has 116 valence electrons. The van der Waals surface area contributed by atoms with Crippen molar-refractivity contribution in [2.75, 3.05) is 21.3 Å². The summed E-state index contributed by atoms with van der Waals surface area (Å²) in [5.41, 5.74) is 3.01. The van der Waals surface area contributed by atoms with Gasteiger partial charge in [-0.15, -0.1) is 0 Å². The number of nitrogens with zero attached hydrogens (tertiary/aromatic N) is 1. The Morgan fingerprint density at radius 1 is 1.00 bits per heavy atom. The van der Waals surface area contributed by atoms with Gasteiger partial charge in [0.05, 0.1) is 32.6 Å². The van der Waals surface area contributed by atoms with Crippen molar-refractivity contribution in [3.8, 4) is 17.2 Å². The summed E-state index contributed by atoms with van der Waals surface area (Å²) in [7, 11) is 5.04. The standard InChI is InChI=1S/C18H22NO3/c1-20-15-9-13-12-6-4-5-11-7-8-19(16(11)12)10-14(13)17(21-2)18(15)22-3/h9-11H,4-8H2,1-3H3/q+1. The molecular formula is C18H22NO3+. The second-order valence-electron chi connectivity index (χ2n) is 6.17. The number of rotatable bonds is 3. The van der Waals surface area contributed by atoms with Gasteiger partial charge in [0.1, 0.15) is 6.54 Å².